The van der Waals surface area contributed by atoms with Crippen LogP contribution in [0.2, 0.25) is 0 Å². The zero-order valence-corrected chi connectivity index (χ0v) is 8.03. The number of carboxylic acid groups (broad SMARTS) is 2. The van der Waals surface area contributed by atoms with Crippen LogP contribution in [0.1, 0.15) is 26.7 Å². The third-order valence-electron chi connectivity index (χ3n) is 1.80. The van der Waals surface area contributed by atoms with Gasteiger partial charge in [-0.15, -0.1) is 0 Å². The van der Waals surface area contributed by atoms with Crippen molar-refractivity contribution in [1.82, 2.24) is 0 Å². The molecule has 0 aromatic rings. The lowest BCUT2D eigenvalue weighted by Gasteiger charge is -2.02. The van der Waals surface area contributed by atoms with Crippen molar-refractivity contribution in [2.45, 2.75) is 26.7 Å². The first-order valence-electron chi connectivity index (χ1n) is 4.08. The summed E-state index contributed by atoms with van der Waals surface area (Å²) in [6.07, 6.45) is -0.131. The number of carbonyl (C=O) groups is 3. The smallest absolute Gasteiger partial charge is 0.332 e. The van der Waals surface area contributed by atoms with Crippen LogP contribution in [0.3, 0.4) is 0 Å². The van der Waals surface area contributed by atoms with Crippen molar-refractivity contribution in [3.8, 4) is 0 Å². The molecule has 0 saturated heterocycles. The molecule has 0 aliphatic rings. The average Bonchev–Trinajstić information content (AvgIpc) is 2.11. The summed E-state index contributed by atoms with van der Waals surface area (Å²) < 4.78 is 0. The molecule has 0 radical (unpaired) electrons. The largest absolute Gasteiger partial charge is 0.478 e. The number of ketones is 1. The highest BCUT2D eigenvalue weighted by atomic mass is 16.4. The van der Waals surface area contributed by atoms with Crippen molar-refractivity contribution in [2.75, 3.05) is 0 Å². The van der Waals surface area contributed by atoms with Crippen molar-refractivity contribution in [1.29, 1.82) is 0 Å². The van der Waals surface area contributed by atoms with E-state index in [1.807, 2.05) is 0 Å². The molecular weight excluding hydrogens is 188 g/mol. The van der Waals surface area contributed by atoms with E-state index in [0.29, 0.717) is 0 Å². The minimum atomic E-state index is -1.35. The molecule has 14 heavy (non-hydrogen) atoms. The van der Waals surface area contributed by atoms with Gasteiger partial charge >= 0.3 is 11.9 Å². The maximum Gasteiger partial charge on any atom is 0.332 e. The van der Waals surface area contributed by atoms with Crippen molar-refractivity contribution in [3.63, 3.8) is 0 Å². The number of rotatable bonds is 5. The number of hydrogen-bond donors (Lipinski definition) is 2. The second-order valence-electron chi connectivity index (χ2n) is 2.78. The van der Waals surface area contributed by atoms with Gasteiger partial charge in [-0.25, -0.2) is 9.59 Å². The van der Waals surface area contributed by atoms with Crippen molar-refractivity contribution >= 4 is 17.7 Å². The lowest BCUT2D eigenvalue weighted by molar-refractivity contribution is -0.136. The Morgan fingerprint density at radius 1 is 1.07 bits per heavy atom. The van der Waals surface area contributed by atoms with Gasteiger partial charge in [-0.1, -0.05) is 6.92 Å². The molecule has 0 unspecified atom stereocenters. The SMILES string of the molecule is CCC(=O)CC(C(=O)O)=C(C)C(=O)O. The van der Waals surface area contributed by atoms with Crippen LogP contribution in [0.5, 0.6) is 0 Å². The van der Waals surface area contributed by atoms with Crippen LogP contribution in [0, 0.1) is 0 Å². The van der Waals surface area contributed by atoms with E-state index in [1.165, 1.54) is 6.92 Å². The van der Waals surface area contributed by atoms with Crippen LogP contribution in [0.25, 0.3) is 0 Å². The second kappa shape index (κ2) is 5.16. The van der Waals surface area contributed by atoms with E-state index in [4.69, 9.17) is 10.2 Å². The molecule has 0 aliphatic heterocycles. The zero-order valence-electron chi connectivity index (χ0n) is 8.03. The van der Waals surface area contributed by atoms with Crippen LogP contribution >= 0.6 is 0 Å². The molecule has 5 nitrogen and oxygen atoms in total. The van der Waals surface area contributed by atoms with Crippen LogP contribution in [0.15, 0.2) is 11.1 Å². The van der Waals surface area contributed by atoms with Gasteiger partial charge in [0.2, 0.25) is 0 Å². The summed E-state index contributed by atoms with van der Waals surface area (Å²) in [6, 6.07) is 0. The first kappa shape index (κ1) is 12.3. The number of Topliss-reactive ketones (excluding diaryl/α,β-unsaturated/α-hetero) is 1. The lowest BCUT2D eigenvalue weighted by atomic mass is 10.0. The fraction of sp³-hybridized carbons (Fsp3) is 0.444. The highest BCUT2D eigenvalue weighted by Gasteiger charge is 2.18. The summed E-state index contributed by atoms with van der Waals surface area (Å²) in [6.45, 7) is 2.77. The quantitative estimate of drug-likeness (QED) is 0.641. The summed E-state index contributed by atoms with van der Waals surface area (Å²) >= 11 is 0. The Morgan fingerprint density at radius 3 is 1.86 bits per heavy atom. The molecule has 0 aliphatic carbocycles. The first-order chi connectivity index (χ1) is 6.40. The first-order valence-corrected chi connectivity index (χ1v) is 4.08. The van der Waals surface area contributed by atoms with Crippen LogP contribution in [-0.2, 0) is 14.4 Å². The fourth-order valence-corrected chi connectivity index (χ4v) is 0.820. The van der Waals surface area contributed by atoms with Gasteiger partial charge in [-0.2, -0.15) is 0 Å². The molecule has 0 spiro atoms. The van der Waals surface area contributed by atoms with Crippen LogP contribution in [-0.4, -0.2) is 27.9 Å². The van der Waals surface area contributed by atoms with Crippen molar-refractivity contribution in [2.24, 2.45) is 0 Å². The molecule has 0 atom stereocenters. The minimum Gasteiger partial charge on any atom is -0.478 e. The maximum atomic E-state index is 11.0. The molecule has 0 bridgehead atoms. The van der Waals surface area contributed by atoms with E-state index in [0.717, 1.165) is 0 Å². The van der Waals surface area contributed by atoms with E-state index in [-0.39, 0.29) is 29.8 Å². The van der Waals surface area contributed by atoms with Gasteiger partial charge in [0.05, 0.1) is 5.57 Å². The van der Waals surface area contributed by atoms with Gasteiger partial charge in [-0.05, 0) is 6.92 Å². The molecule has 0 amide bonds. The Morgan fingerprint density at radius 2 is 1.57 bits per heavy atom. The average molecular weight is 200 g/mol. The Bertz CT molecular complexity index is 300. The molecule has 78 valence electrons. The van der Waals surface area contributed by atoms with Crippen molar-refractivity contribution in [3.05, 3.63) is 11.1 Å². The van der Waals surface area contributed by atoms with E-state index in [9.17, 15) is 14.4 Å². The second-order valence-corrected chi connectivity index (χ2v) is 2.78. The molecule has 0 saturated carbocycles. The van der Waals surface area contributed by atoms with Gasteiger partial charge in [-0.3, -0.25) is 4.79 Å². The zero-order chi connectivity index (χ0) is 11.3. The predicted octanol–water partition coefficient (Wildman–Crippen LogP) is 0.841. The standard InChI is InChI=1S/C9H12O5/c1-3-6(10)4-7(9(13)14)5(2)8(11)12/h3-4H2,1-2H3,(H,11,12)(H,13,14). The molecule has 0 heterocycles. The molecule has 0 aromatic heterocycles. The number of carboxylic acids is 2. The van der Waals surface area contributed by atoms with E-state index in [1.54, 1.807) is 6.92 Å². The Hall–Kier alpha value is -1.65. The fourth-order valence-electron chi connectivity index (χ4n) is 0.820. The maximum absolute atomic E-state index is 11.0. The predicted molar refractivity (Wildman–Crippen MR) is 47.9 cm³/mol. The van der Waals surface area contributed by atoms with Gasteiger partial charge in [0, 0.05) is 18.4 Å². The third kappa shape index (κ3) is 3.38. The minimum absolute atomic E-state index is 0.198. The highest BCUT2D eigenvalue weighted by molar-refractivity contribution is 6.02. The summed E-state index contributed by atoms with van der Waals surface area (Å²) in [5.41, 5.74) is -0.636. The molecule has 0 fully saturated rings. The van der Waals surface area contributed by atoms with Gasteiger partial charge in [0.1, 0.15) is 5.78 Å². The molecule has 5 heteroatoms. The van der Waals surface area contributed by atoms with Gasteiger partial charge < -0.3 is 10.2 Å². The normalized spacial score (nSPS) is 11.9. The van der Waals surface area contributed by atoms with E-state index < -0.39 is 11.9 Å². The molecular formula is C9H12O5. The Balaban J connectivity index is 4.96. The Labute approximate surface area is 81.0 Å². The van der Waals surface area contributed by atoms with Gasteiger partial charge in [0.15, 0.2) is 0 Å². The summed E-state index contributed by atoms with van der Waals surface area (Å²) in [4.78, 5) is 32.1. The Kier molecular flexibility index (Phi) is 4.55. The lowest BCUT2D eigenvalue weighted by Crippen LogP contribution is -2.12. The summed E-state index contributed by atoms with van der Waals surface area (Å²) in [5.74, 6) is -2.96. The third-order valence-corrected chi connectivity index (χ3v) is 1.80. The molecule has 0 rings (SSSR count). The topological polar surface area (TPSA) is 91.7 Å². The van der Waals surface area contributed by atoms with Crippen LogP contribution < -0.4 is 0 Å². The number of carbonyl (C=O) groups excluding carboxylic acids is 1. The highest BCUT2D eigenvalue weighted by Crippen LogP contribution is 2.11. The summed E-state index contributed by atoms with van der Waals surface area (Å²) in [5, 5.41) is 17.2. The molecule has 0 aromatic carbocycles. The molecule has 2 N–H and O–H groups in total. The summed E-state index contributed by atoms with van der Waals surface area (Å²) in [7, 11) is 0. The van der Waals surface area contributed by atoms with E-state index >= 15 is 0 Å². The number of aliphatic carboxylic acids is 2. The van der Waals surface area contributed by atoms with E-state index in [2.05, 4.69) is 0 Å². The van der Waals surface area contributed by atoms with Gasteiger partial charge in [0.25, 0.3) is 0 Å². The van der Waals surface area contributed by atoms with Crippen LogP contribution in [0.4, 0.5) is 0 Å². The number of hydrogen-bond acceptors (Lipinski definition) is 3. The monoisotopic (exact) mass is 200 g/mol. The van der Waals surface area contributed by atoms with Crippen molar-refractivity contribution < 1.29 is 24.6 Å².